The summed E-state index contributed by atoms with van der Waals surface area (Å²) in [5, 5.41) is 2.81. The van der Waals surface area contributed by atoms with Gasteiger partial charge in [-0.1, -0.05) is 33.1 Å². The van der Waals surface area contributed by atoms with Crippen molar-refractivity contribution in [3.05, 3.63) is 47.4 Å². The molecule has 21 heavy (non-hydrogen) atoms. The molecule has 0 aromatic carbocycles. The summed E-state index contributed by atoms with van der Waals surface area (Å²) in [7, 11) is 1.73. The van der Waals surface area contributed by atoms with Crippen LogP contribution in [0.2, 0.25) is 0 Å². The molecular weight excluding hydrogens is 300 g/mol. The monoisotopic (exact) mass is 330 g/mol. The van der Waals surface area contributed by atoms with Crippen LogP contribution in [0.4, 0.5) is 0 Å². The largest absolute Gasteiger partial charge is 0.351 e. The molecule has 0 bridgehead atoms. The Kier molecular flexibility index (Phi) is 36.3. The molecule has 5 heteroatoms. The fraction of sp³-hybridized carbons (Fsp3) is 0.375. The number of carbonyl (C=O) groups excluding carboxylic acids is 1. The van der Waals surface area contributed by atoms with Crippen molar-refractivity contribution in [3.63, 3.8) is 0 Å². The van der Waals surface area contributed by atoms with Gasteiger partial charge in [0, 0.05) is 12.0 Å². The summed E-state index contributed by atoms with van der Waals surface area (Å²) in [5.74, 6) is 0.884. The van der Waals surface area contributed by atoms with Crippen LogP contribution in [0.25, 0.3) is 0 Å². The lowest BCUT2D eigenvalue weighted by Gasteiger charge is -1.94. The van der Waals surface area contributed by atoms with Crippen molar-refractivity contribution in [2.75, 3.05) is 13.3 Å². The summed E-state index contributed by atoms with van der Waals surface area (Å²) in [5.41, 5.74) is 0. The maximum Gasteiger partial charge on any atom is 0.106 e. The Labute approximate surface area is 140 Å². The Morgan fingerprint density at radius 2 is 1.71 bits per heavy atom. The lowest BCUT2D eigenvalue weighted by Crippen LogP contribution is -2.11. The van der Waals surface area contributed by atoms with Gasteiger partial charge in [0.2, 0.25) is 0 Å². The molecule has 0 fully saturated rings. The van der Waals surface area contributed by atoms with Gasteiger partial charge in [0.1, 0.15) is 6.79 Å². The standard InChI is InChI=1S/C8H12S2.C5H10N2.C2H6.CH2O/c1-4-5-8(10-3)6-7(2)9;1-4-7-5(2)6-3;2*1-2/h4-6,9H,1H2,2-3H3;4H,1H2,2-3H3,(H,6,7);1-2H3;1H2/b7-6-,8-5-;;;. The molecule has 0 aromatic heterocycles. The number of allylic oxidation sites excluding steroid dienone is 4. The van der Waals surface area contributed by atoms with Crippen LogP contribution in [0.1, 0.15) is 27.7 Å². The smallest absolute Gasteiger partial charge is 0.106 e. The van der Waals surface area contributed by atoms with E-state index in [1.54, 1.807) is 31.1 Å². The zero-order chi connectivity index (χ0) is 17.7. The van der Waals surface area contributed by atoms with Gasteiger partial charge < -0.3 is 10.1 Å². The van der Waals surface area contributed by atoms with Gasteiger partial charge >= 0.3 is 0 Å². The summed E-state index contributed by atoms with van der Waals surface area (Å²) in [6.45, 7) is 16.9. The molecule has 0 aliphatic rings. The van der Waals surface area contributed by atoms with Crippen LogP contribution in [0.5, 0.6) is 0 Å². The van der Waals surface area contributed by atoms with Gasteiger partial charge in [0.15, 0.2) is 0 Å². The lowest BCUT2D eigenvalue weighted by atomic mass is 10.4. The number of amidine groups is 1. The predicted molar refractivity (Wildman–Crippen MR) is 105 cm³/mol. The van der Waals surface area contributed by atoms with Crippen molar-refractivity contribution in [1.29, 1.82) is 0 Å². The fourth-order valence-electron chi connectivity index (χ4n) is 0.709. The van der Waals surface area contributed by atoms with Crippen molar-refractivity contribution in [3.8, 4) is 0 Å². The zero-order valence-corrected chi connectivity index (χ0v) is 15.9. The summed E-state index contributed by atoms with van der Waals surface area (Å²) in [6.07, 6.45) is 9.38. The van der Waals surface area contributed by atoms with E-state index in [9.17, 15) is 0 Å². The quantitative estimate of drug-likeness (QED) is 0.335. The van der Waals surface area contributed by atoms with Gasteiger partial charge in [-0.15, -0.1) is 24.4 Å². The number of aliphatic imine (C=N–C) groups is 1. The molecule has 0 radical (unpaired) electrons. The zero-order valence-electron chi connectivity index (χ0n) is 14.1. The second-order valence-electron chi connectivity index (χ2n) is 2.95. The number of thioether (sulfide) groups is 1. The Morgan fingerprint density at radius 1 is 1.24 bits per heavy atom. The third kappa shape index (κ3) is 32.4. The Bertz CT molecular complexity index is 328. The number of thiol groups is 1. The van der Waals surface area contributed by atoms with E-state index < -0.39 is 0 Å². The van der Waals surface area contributed by atoms with E-state index in [0.717, 1.165) is 10.7 Å². The maximum absolute atomic E-state index is 8.00. The minimum atomic E-state index is 0.884. The van der Waals surface area contributed by atoms with E-state index in [4.69, 9.17) is 4.79 Å². The molecule has 0 aromatic rings. The van der Waals surface area contributed by atoms with E-state index in [1.807, 2.05) is 52.9 Å². The molecular formula is C16H30N2OS2. The number of hydrogen-bond acceptors (Lipinski definition) is 4. The van der Waals surface area contributed by atoms with Crippen molar-refractivity contribution in [2.24, 2.45) is 4.99 Å². The van der Waals surface area contributed by atoms with Gasteiger partial charge in [-0.05, 0) is 43.4 Å². The lowest BCUT2D eigenvalue weighted by molar-refractivity contribution is -0.0979. The van der Waals surface area contributed by atoms with E-state index in [1.165, 1.54) is 4.91 Å². The topological polar surface area (TPSA) is 41.5 Å². The molecule has 0 rings (SSSR count). The minimum Gasteiger partial charge on any atom is -0.351 e. The van der Waals surface area contributed by atoms with Gasteiger partial charge in [-0.3, -0.25) is 4.99 Å². The first kappa shape index (κ1) is 28.0. The molecule has 0 saturated carbocycles. The van der Waals surface area contributed by atoms with Crippen molar-refractivity contribution >= 4 is 37.0 Å². The normalized spacial score (nSPS) is 10.5. The van der Waals surface area contributed by atoms with Crippen molar-refractivity contribution in [1.82, 2.24) is 5.32 Å². The number of hydrogen-bond donors (Lipinski definition) is 2. The molecule has 0 heterocycles. The van der Waals surface area contributed by atoms with Crippen LogP contribution in [-0.2, 0) is 4.79 Å². The molecule has 0 aliphatic carbocycles. The molecule has 0 atom stereocenters. The molecule has 0 saturated heterocycles. The molecule has 122 valence electrons. The first-order valence-corrected chi connectivity index (χ1v) is 8.02. The first-order valence-electron chi connectivity index (χ1n) is 6.35. The molecule has 0 aliphatic heterocycles. The maximum atomic E-state index is 8.00. The molecule has 3 nitrogen and oxygen atoms in total. The highest BCUT2D eigenvalue weighted by Gasteiger charge is 1.86. The summed E-state index contributed by atoms with van der Waals surface area (Å²) in [6, 6.07) is 0. The molecule has 0 spiro atoms. The van der Waals surface area contributed by atoms with Crippen LogP contribution in [0.15, 0.2) is 52.4 Å². The third-order valence-electron chi connectivity index (χ3n) is 1.52. The minimum absolute atomic E-state index is 0.884. The van der Waals surface area contributed by atoms with Gasteiger partial charge in [0.05, 0.1) is 5.84 Å². The van der Waals surface area contributed by atoms with E-state index in [0.29, 0.717) is 0 Å². The number of rotatable bonds is 4. The van der Waals surface area contributed by atoms with E-state index in [2.05, 4.69) is 36.1 Å². The highest BCUT2D eigenvalue weighted by Crippen LogP contribution is 2.16. The molecule has 0 amide bonds. The Hall–Kier alpha value is -1.20. The average Bonchev–Trinajstić information content (AvgIpc) is 2.51. The first-order chi connectivity index (χ1) is 10.0. The SMILES string of the molecule is C=C/C=C(/C=C(/C)S)SC.C=CNC(C)=NC.C=O.CC. The number of nitrogens with zero attached hydrogens (tertiary/aromatic N) is 1. The summed E-state index contributed by atoms with van der Waals surface area (Å²) < 4.78 is 0. The highest BCUT2D eigenvalue weighted by molar-refractivity contribution is 8.02. The molecule has 0 unspecified atom stereocenters. The fourth-order valence-corrected chi connectivity index (χ4v) is 1.46. The summed E-state index contributed by atoms with van der Waals surface area (Å²) in [4.78, 5) is 14.0. The predicted octanol–water partition coefficient (Wildman–Crippen LogP) is 4.86. The van der Waals surface area contributed by atoms with Crippen LogP contribution in [0.3, 0.4) is 0 Å². The summed E-state index contributed by atoms with van der Waals surface area (Å²) >= 11 is 5.84. The van der Waals surface area contributed by atoms with Crippen molar-refractivity contribution in [2.45, 2.75) is 27.7 Å². The van der Waals surface area contributed by atoms with Gasteiger partial charge in [-0.25, -0.2) is 0 Å². The second-order valence-corrected chi connectivity index (χ2v) is 4.54. The van der Waals surface area contributed by atoms with Crippen LogP contribution < -0.4 is 5.32 Å². The van der Waals surface area contributed by atoms with Gasteiger partial charge in [-0.2, -0.15) is 0 Å². The second kappa shape index (κ2) is 27.2. The van der Waals surface area contributed by atoms with Gasteiger partial charge in [0.25, 0.3) is 0 Å². The van der Waals surface area contributed by atoms with Crippen LogP contribution >= 0.6 is 24.4 Å². The van der Waals surface area contributed by atoms with E-state index >= 15 is 0 Å². The van der Waals surface area contributed by atoms with Crippen molar-refractivity contribution < 1.29 is 4.79 Å². The number of carbonyl (C=O) groups is 1. The Morgan fingerprint density at radius 3 is 1.90 bits per heavy atom. The average molecular weight is 331 g/mol. The number of nitrogens with one attached hydrogen (secondary N) is 1. The van der Waals surface area contributed by atoms with E-state index in [-0.39, 0.29) is 0 Å². The van der Waals surface area contributed by atoms with Crippen LogP contribution in [-0.4, -0.2) is 25.9 Å². The highest BCUT2D eigenvalue weighted by atomic mass is 32.2. The Balaban J connectivity index is -0.000000115. The van der Waals surface area contributed by atoms with Crippen LogP contribution in [0, 0.1) is 0 Å². The molecule has 1 N–H and O–H groups in total. The third-order valence-corrected chi connectivity index (χ3v) is 2.37.